The van der Waals surface area contributed by atoms with Gasteiger partial charge in [-0.2, -0.15) is 0 Å². The summed E-state index contributed by atoms with van der Waals surface area (Å²) < 4.78 is 26.5. The van der Waals surface area contributed by atoms with E-state index in [1.165, 1.54) is 11.8 Å². The van der Waals surface area contributed by atoms with E-state index < -0.39 is 17.5 Å². The Morgan fingerprint density at radius 1 is 1.05 bits per heavy atom. The Morgan fingerprint density at radius 3 is 2.35 bits per heavy atom. The molecule has 0 radical (unpaired) electrons. The van der Waals surface area contributed by atoms with Crippen LogP contribution in [0.5, 0.6) is 0 Å². The number of nitrogens with zero attached hydrogens (tertiary/aromatic N) is 2. The highest BCUT2D eigenvalue weighted by molar-refractivity contribution is 5.94. The molecule has 4 nitrogen and oxygen atoms in total. The fourth-order valence-electron chi connectivity index (χ4n) is 2.27. The Hall–Kier alpha value is -1.98. The van der Waals surface area contributed by atoms with Gasteiger partial charge < -0.3 is 9.80 Å². The maximum atomic E-state index is 13.6. The largest absolute Gasteiger partial charge is 0.341 e. The zero-order chi connectivity index (χ0) is 14.7. The lowest BCUT2D eigenvalue weighted by molar-refractivity contribution is -0.128. The van der Waals surface area contributed by atoms with Crippen molar-refractivity contribution >= 4 is 11.8 Å². The number of carbonyl (C=O) groups excluding carboxylic acids is 2. The molecule has 1 fully saturated rings. The SMILES string of the molecule is CC(=O)N1CCCN(C(=O)c2ccc(F)cc2F)CC1. The summed E-state index contributed by atoms with van der Waals surface area (Å²) in [5.41, 5.74) is -0.136. The first kappa shape index (κ1) is 14.4. The molecule has 1 heterocycles. The minimum atomic E-state index is -0.859. The van der Waals surface area contributed by atoms with E-state index in [-0.39, 0.29) is 11.5 Å². The maximum Gasteiger partial charge on any atom is 0.256 e. The summed E-state index contributed by atoms with van der Waals surface area (Å²) in [6.07, 6.45) is 0.647. The summed E-state index contributed by atoms with van der Waals surface area (Å²) in [6.45, 7) is 3.32. The van der Waals surface area contributed by atoms with Crippen LogP contribution in [0.15, 0.2) is 18.2 Å². The molecule has 0 aromatic heterocycles. The number of hydrogen-bond acceptors (Lipinski definition) is 2. The van der Waals surface area contributed by atoms with Crippen LogP contribution < -0.4 is 0 Å². The quantitative estimate of drug-likeness (QED) is 0.786. The minimum absolute atomic E-state index is 0.0349. The number of hydrogen-bond donors (Lipinski definition) is 0. The zero-order valence-corrected chi connectivity index (χ0v) is 11.2. The molecule has 6 heteroatoms. The second kappa shape index (κ2) is 5.98. The van der Waals surface area contributed by atoms with Gasteiger partial charge in [0.25, 0.3) is 5.91 Å². The van der Waals surface area contributed by atoms with Gasteiger partial charge in [-0.25, -0.2) is 8.78 Å². The van der Waals surface area contributed by atoms with Crippen molar-refractivity contribution in [3.8, 4) is 0 Å². The number of halogens is 2. The van der Waals surface area contributed by atoms with E-state index >= 15 is 0 Å². The van der Waals surface area contributed by atoms with Gasteiger partial charge in [-0.05, 0) is 18.6 Å². The topological polar surface area (TPSA) is 40.6 Å². The van der Waals surface area contributed by atoms with Gasteiger partial charge in [-0.3, -0.25) is 9.59 Å². The molecule has 0 spiro atoms. The molecule has 2 amide bonds. The number of benzene rings is 1. The van der Waals surface area contributed by atoms with E-state index in [0.29, 0.717) is 38.7 Å². The zero-order valence-electron chi connectivity index (χ0n) is 11.2. The second-order valence-electron chi connectivity index (χ2n) is 4.78. The third-order valence-electron chi connectivity index (χ3n) is 3.39. The predicted octanol–water partition coefficient (Wildman–Crippen LogP) is 1.66. The first-order chi connectivity index (χ1) is 9.49. The van der Waals surface area contributed by atoms with Crippen molar-refractivity contribution in [1.29, 1.82) is 0 Å². The lowest BCUT2D eigenvalue weighted by atomic mass is 10.1. The van der Waals surface area contributed by atoms with Crippen LogP contribution in [0.3, 0.4) is 0 Å². The molecule has 2 rings (SSSR count). The average molecular weight is 282 g/mol. The van der Waals surface area contributed by atoms with Crippen molar-refractivity contribution in [1.82, 2.24) is 9.80 Å². The van der Waals surface area contributed by atoms with Crippen LogP contribution >= 0.6 is 0 Å². The monoisotopic (exact) mass is 282 g/mol. The smallest absolute Gasteiger partial charge is 0.256 e. The molecule has 0 unspecified atom stereocenters. The van der Waals surface area contributed by atoms with E-state index in [4.69, 9.17) is 0 Å². The van der Waals surface area contributed by atoms with Crippen molar-refractivity contribution in [3.05, 3.63) is 35.4 Å². The van der Waals surface area contributed by atoms with E-state index in [0.717, 1.165) is 12.1 Å². The Bertz CT molecular complexity index is 534. The van der Waals surface area contributed by atoms with Crippen LogP contribution in [0.2, 0.25) is 0 Å². The van der Waals surface area contributed by atoms with Crippen molar-refractivity contribution in [2.24, 2.45) is 0 Å². The number of carbonyl (C=O) groups is 2. The molecule has 108 valence electrons. The minimum Gasteiger partial charge on any atom is -0.341 e. The van der Waals surface area contributed by atoms with Gasteiger partial charge in [-0.15, -0.1) is 0 Å². The van der Waals surface area contributed by atoms with Gasteiger partial charge in [0.15, 0.2) is 0 Å². The van der Waals surface area contributed by atoms with Crippen LogP contribution in [-0.4, -0.2) is 47.8 Å². The molecule has 0 atom stereocenters. The lowest BCUT2D eigenvalue weighted by Crippen LogP contribution is -2.36. The summed E-state index contributed by atoms with van der Waals surface area (Å²) in [4.78, 5) is 26.7. The molecule has 1 aliphatic heterocycles. The van der Waals surface area contributed by atoms with Gasteiger partial charge in [0, 0.05) is 39.2 Å². The Morgan fingerprint density at radius 2 is 1.70 bits per heavy atom. The molecule has 0 aliphatic carbocycles. The van der Waals surface area contributed by atoms with Gasteiger partial charge in [-0.1, -0.05) is 0 Å². The maximum absolute atomic E-state index is 13.6. The van der Waals surface area contributed by atoms with Crippen LogP contribution in [0, 0.1) is 11.6 Å². The Kier molecular flexibility index (Phi) is 4.32. The highest BCUT2D eigenvalue weighted by atomic mass is 19.1. The molecule has 0 bridgehead atoms. The van der Waals surface area contributed by atoms with E-state index in [1.54, 1.807) is 4.90 Å². The van der Waals surface area contributed by atoms with E-state index in [9.17, 15) is 18.4 Å². The summed E-state index contributed by atoms with van der Waals surface area (Å²) in [5, 5.41) is 0. The first-order valence-electron chi connectivity index (χ1n) is 6.49. The molecule has 0 saturated carbocycles. The molecular formula is C14H16F2N2O2. The van der Waals surface area contributed by atoms with E-state index in [2.05, 4.69) is 0 Å². The lowest BCUT2D eigenvalue weighted by Gasteiger charge is -2.21. The Balaban J connectivity index is 2.11. The van der Waals surface area contributed by atoms with Crippen LogP contribution in [0.4, 0.5) is 8.78 Å². The fourth-order valence-corrected chi connectivity index (χ4v) is 2.27. The molecule has 1 aromatic rings. The van der Waals surface area contributed by atoms with E-state index in [1.807, 2.05) is 0 Å². The molecule has 20 heavy (non-hydrogen) atoms. The van der Waals surface area contributed by atoms with Crippen LogP contribution in [-0.2, 0) is 4.79 Å². The highest BCUT2D eigenvalue weighted by Gasteiger charge is 2.23. The standard InChI is InChI=1S/C14H16F2N2O2/c1-10(19)17-5-2-6-18(8-7-17)14(20)12-4-3-11(15)9-13(12)16/h3-4,9H,2,5-8H2,1H3. The van der Waals surface area contributed by atoms with Gasteiger partial charge in [0.05, 0.1) is 5.56 Å². The molecule has 0 N–H and O–H groups in total. The second-order valence-corrected chi connectivity index (χ2v) is 4.78. The molecule has 1 aromatic carbocycles. The van der Waals surface area contributed by atoms with Crippen molar-refractivity contribution in [2.45, 2.75) is 13.3 Å². The summed E-state index contributed by atoms with van der Waals surface area (Å²) in [7, 11) is 0. The first-order valence-corrected chi connectivity index (χ1v) is 6.49. The van der Waals surface area contributed by atoms with Gasteiger partial charge in [0.1, 0.15) is 11.6 Å². The average Bonchev–Trinajstić information content (AvgIpc) is 2.63. The molecular weight excluding hydrogens is 266 g/mol. The number of rotatable bonds is 1. The highest BCUT2D eigenvalue weighted by Crippen LogP contribution is 2.14. The van der Waals surface area contributed by atoms with Gasteiger partial charge >= 0.3 is 0 Å². The summed E-state index contributed by atoms with van der Waals surface area (Å²) in [6, 6.07) is 2.92. The third kappa shape index (κ3) is 3.12. The Labute approximate surface area is 116 Å². The van der Waals surface area contributed by atoms with Crippen molar-refractivity contribution < 1.29 is 18.4 Å². The summed E-state index contributed by atoms with van der Waals surface area (Å²) in [5.74, 6) is -2.07. The molecule has 1 saturated heterocycles. The van der Waals surface area contributed by atoms with Gasteiger partial charge in [0.2, 0.25) is 5.91 Å². The fraction of sp³-hybridized carbons (Fsp3) is 0.429. The van der Waals surface area contributed by atoms with Crippen molar-refractivity contribution in [2.75, 3.05) is 26.2 Å². The predicted molar refractivity (Wildman–Crippen MR) is 69.1 cm³/mol. The van der Waals surface area contributed by atoms with Crippen molar-refractivity contribution in [3.63, 3.8) is 0 Å². The third-order valence-corrected chi connectivity index (χ3v) is 3.39. The van der Waals surface area contributed by atoms with Crippen LogP contribution in [0.25, 0.3) is 0 Å². The summed E-state index contributed by atoms with van der Waals surface area (Å²) >= 11 is 0. The van der Waals surface area contributed by atoms with Crippen LogP contribution in [0.1, 0.15) is 23.7 Å². The molecule has 1 aliphatic rings. The number of amides is 2. The normalized spacial score (nSPS) is 15.9.